The molecule has 0 aliphatic carbocycles. The third kappa shape index (κ3) is 2.80. The molecule has 1 aliphatic heterocycles. The van der Waals surface area contributed by atoms with Crippen molar-refractivity contribution in [1.82, 2.24) is 0 Å². The van der Waals surface area contributed by atoms with Crippen molar-refractivity contribution in [3.63, 3.8) is 0 Å². The van der Waals surface area contributed by atoms with Crippen molar-refractivity contribution < 1.29 is 0 Å². The summed E-state index contributed by atoms with van der Waals surface area (Å²) >= 11 is 1.87. The van der Waals surface area contributed by atoms with Crippen molar-refractivity contribution in [3.8, 4) is 0 Å². The lowest BCUT2D eigenvalue weighted by molar-refractivity contribution is 0.718. The van der Waals surface area contributed by atoms with Gasteiger partial charge in [-0.1, -0.05) is 0 Å². The maximum atomic E-state index is 5.48. The molecule has 0 unspecified atom stereocenters. The van der Waals surface area contributed by atoms with Crippen LogP contribution >= 0.6 is 24.2 Å². The van der Waals surface area contributed by atoms with Crippen LogP contribution in [0.15, 0.2) is 4.99 Å². The highest BCUT2D eigenvalue weighted by atomic mass is 35.5. The van der Waals surface area contributed by atoms with Crippen LogP contribution in [0.25, 0.3) is 0 Å². The second-order valence-electron chi connectivity index (χ2n) is 2.86. The van der Waals surface area contributed by atoms with Gasteiger partial charge in [0.05, 0.1) is 12.3 Å². The molecule has 0 aromatic heterocycles. The molecule has 0 fully saturated rings. The third-order valence-electron chi connectivity index (χ3n) is 1.27. The molecule has 2 nitrogen and oxygen atoms in total. The molecule has 0 bridgehead atoms. The minimum atomic E-state index is 0. The van der Waals surface area contributed by atoms with Gasteiger partial charge in [0, 0.05) is 4.75 Å². The summed E-state index contributed by atoms with van der Waals surface area (Å²) in [7, 11) is 0. The van der Waals surface area contributed by atoms with Gasteiger partial charge in [0.2, 0.25) is 0 Å². The standard InChI is InChI=1S/C6H12N2S.ClH/c1-6(2)4-8-5(7)3-9-6;/h3-4H2,1-2H3,(H2,7,8);1H. The summed E-state index contributed by atoms with van der Waals surface area (Å²) in [6.07, 6.45) is 0. The van der Waals surface area contributed by atoms with E-state index in [2.05, 4.69) is 18.8 Å². The van der Waals surface area contributed by atoms with E-state index in [1.54, 1.807) is 0 Å². The lowest BCUT2D eigenvalue weighted by atomic mass is 10.2. The van der Waals surface area contributed by atoms with Crippen molar-refractivity contribution in [2.24, 2.45) is 10.7 Å². The van der Waals surface area contributed by atoms with E-state index in [4.69, 9.17) is 5.73 Å². The Kier molecular flexibility index (Phi) is 3.52. The molecule has 0 aromatic carbocycles. The number of hydrogen-bond acceptors (Lipinski definition) is 3. The van der Waals surface area contributed by atoms with E-state index in [0.29, 0.717) is 4.75 Å². The summed E-state index contributed by atoms with van der Waals surface area (Å²) in [5, 5.41) is 0. The lowest BCUT2D eigenvalue weighted by Gasteiger charge is -2.25. The molecule has 0 amide bonds. The number of nitrogens with two attached hydrogens (primary N) is 1. The molecule has 1 rings (SSSR count). The number of thioether (sulfide) groups is 1. The monoisotopic (exact) mass is 180 g/mol. The van der Waals surface area contributed by atoms with Gasteiger partial charge >= 0.3 is 0 Å². The fourth-order valence-electron chi connectivity index (χ4n) is 0.653. The van der Waals surface area contributed by atoms with Gasteiger partial charge in [0.15, 0.2) is 0 Å². The molecule has 0 atom stereocenters. The van der Waals surface area contributed by atoms with Crippen molar-refractivity contribution >= 4 is 30.0 Å². The molecular weight excluding hydrogens is 168 g/mol. The lowest BCUT2D eigenvalue weighted by Crippen LogP contribution is -2.31. The molecular formula is C6H13ClN2S. The molecule has 10 heavy (non-hydrogen) atoms. The number of aliphatic imine (C=N–C) groups is 1. The predicted molar refractivity (Wildman–Crippen MR) is 50.3 cm³/mol. The summed E-state index contributed by atoms with van der Waals surface area (Å²) in [6.45, 7) is 5.24. The molecule has 0 saturated heterocycles. The largest absolute Gasteiger partial charge is 0.387 e. The van der Waals surface area contributed by atoms with E-state index < -0.39 is 0 Å². The Morgan fingerprint density at radius 3 is 2.50 bits per heavy atom. The van der Waals surface area contributed by atoms with Crippen LogP contribution in [0.1, 0.15) is 13.8 Å². The van der Waals surface area contributed by atoms with Gasteiger partial charge in [-0.3, -0.25) is 4.99 Å². The summed E-state index contributed by atoms with van der Waals surface area (Å²) in [5.41, 5.74) is 5.48. The average Bonchev–Trinajstić information content (AvgIpc) is 1.78. The second kappa shape index (κ2) is 3.49. The first kappa shape index (κ1) is 10.1. The maximum Gasteiger partial charge on any atom is 0.104 e. The second-order valence-corrected chi connectivity index (χ2v) is 4.54. The van der Waals surface area contributed by atoms with Crippen LogP contribution in [0, 0.1) is 0 Å². The first-order chi connectivity index (χ1) is 4.10. The highest BCUT2D eigenvalue weighted by molar-refractivity contribution is 8.01. The van der Waals surface area contributed by atoms with Crippen molar-refractivity contribution in [1.29, 1.82) is 0 Å². The van der Waals surface area contributed by atoms with E-state index >= 15 is 0 Å². The summed E-state index contributed by atoms with van der Waals surface area (Å²) in [6, 6.07) is 0. The zero-order chi connectivity index (χ0) is 6.91. The smallest absolute Gasteiger partial charge is 0.104 e. The van der Waals surface area contributed by atoms with E-state index in [1.165, 1.54) is 0 Å². The molecule has 0 aromatic rings. The van der Waals surface area contributed by atoms with Gasteiger partial charge in [0.25, 0.3) is 0 Å². The van der Waals surface area contributed by atoms with Crippen LogP contribution in [0.4, 0.5) is 0 Å². The Morgan fingerprint density at radius 2 is 2.20 bits per heavy atom. The van der Waals surface area contributed by atoms with Gasteiger partial charge in [-0.05, 0) is 13.8 Å². The predicted octanol–water partition coefficient (Wildman–Crippen LogP) is 1.29. The van der Waals surface area contributed by atoms with Gasteiger partial charge in [-0.25, -0.2) is 0 Å². The van der Waals surface area contributed by atoms with Gasteiger partial charge < -0.3 is 5.73 Å². The minimum absolute atomic E-state index is 0. The van der Waals surface area contributed by atoms with E-state index in [1.807, 2.05) is 11.8 Å². The number of rotatable bonds is 0. The van der Waals surface area contributed by atoms with Crippen molar-refractivity contribution in [2.45, 2.75) is 18.6 Å². The molecule has 1 heterocycles. The van der Waals surface area contributed by atoms with Crippen molar-refractivity contribution in [2.75, 3.05) is 12.3 Å². The van der Waals surface area contributed by atoms with Crippen LogP contribution in [-0.4, -0.2) is 22.9 Å². The number of nitrogens with zero attached hydrogens (tertiary/aromatic N) is 1. The SMILES string of the molecule is CC1(C)CN=C(N)CS1.Cl. The fourth-order valence-corrected chi connectivity index (χ4v) is 1.44. The first-order valence-corrected chi connectivity index (χ1v) is 4.01. The molecule has 1 aliphatic rings. The topological polar surface area (TPSA) is 38.4 Å². The Morgan fingerprint density at radius 1 is 1.60 bits per heavy atom. The summed E-state index contributed by atoms with van der Waals surface area (Å²) < 4.78 is 0.308. The highest BCUT2D eigenvalue weighted by Gasteiger charge is 2.21. The zero-order valence-corrected chi connectivity index (χ0v) is 7.89. The first-order valence-electron chi connectivity index (χ1n) is 3.03. The third-order valence-corrected chi connectivity index (χ3v) is 2.62. The maximum absolute atomic E-state index is 5.48. The van der Waals surface area contributed by atoms with Crippen LogP contribution in [0.5, 0.6) is 0 Å². The van der Waals surface area contributed by atoms with Gasteiger partial charge in [-0.2, -0.15) is 0 Å². The molecule has 0 spiro atoms. The molecule has 0 radical (unpaired) electrons. The molecule has 60 valence electrons. The quantitative estimate of drug-likeness (QED) is 0.610. The van der Waals surface area contributed by atoms with Gasteiger partial charge in [0.1, 0.15) is 5.84 Å². The summed E-state index contributed by atoms with van der Waals surface area (Å²) in [5.74, 6) is 1.69. The molecule has 0 saturated carbocycles. The number of amidine groups is 1. The Hall–Kier alpha value is 0.110. The van der Waals surface area contributed by atoms with Crippen molar-refractivity contribution in [3.05, 3.63) is 0 Å². The Bertz CT molecular complexity index is 145. The van der Waals surface area contributed by atoms with Crippen LogP contribution < -0.4 is 5.73 Å². The Balaban J connectivity index is 0.000000810. The van der Waals surface area contributed by atoms with E-state index in [-0.39, 0.29) is 12.4 Å². The minimum Gasteiger partial charge on any atom is -0.387 e. The zero-order valence-electron chi connectivity index (χ0n) is 6.26. The molecule has 4 heteroatoms. The van der Waals surface area contributed by atoms with Crippen LogP contribution in [-0.2, 0) is 0 Å². The average molecular weight is 181 g/mol. The van der Waals surface area contributed by atoms with Crippen LogP contribution in [0.2, 0.25) is 0 Å². The van der Waals surface area contributed by atoms with Gasteiger partial charge in [-0.15, -0.1) is 24.2 Å². The van der Waals surface area contributed by atoms with E-state index in [9.17, 15) is 0 Å². The summed E-state index contributed by atoms with van der Waals surface area (Å²) in [4.78, 5) is 4.16. The number of hydrogen-bond donors (Lipinski definition) is 1. The van der Waals surface area contributed by atoms with E-state index in [0.717, 1.165) is 18.1 Å². The van der Waals surface area contributed by atoms with Crippen LogP contribution in [0.3, 0.4) is 0 Å². The molecule has 2 N–H and O–H groups in total. The fraction of sp³-hybridized carbons (Fsp3) is 0.833. The number of halogens is 1. The highest BCUT2D eigenvalue weighted by Crippen LogP contribution is 2.26. The normalized spacial score (nSPS) is 22.8. The Labute approximate surface area is 72.1 Å².